The van der Waals surface area contributed by atoms with E-state index in [1.165, 1.54) is 4.90 Å². The number of aromatic nitrogens is 2. The summed E-state index contributed by atoms with van der Waals surface area (Å²) in [5, 5.41) is 4.19. The highest BCUT2D eigenvalue weighted by Crippen LogP contribution is 2.39. The third-order valence-electron chi connectivity index (χ3n) is 5.34. The van der Waals surface area contributed by atoms with Gasteiger partial charge < -0.3 is 9.80 Å². The van der Waals surface area contributed by atoms with E-state index in [2.05, 4.69) is 10.00 Å². The van der Waals surface area contributed by atoms with Crippen LogP contribution in [0, 0.1) is 0 Å². The van der Waals surface area contributed by atoms with Crippen molar-refractivity contribution in [2.24, 2.45) is 7.05 Å². The van der Waals surface area contributed by atoms with Crippen LogP contribution in [0.1, 0.15) is 26.2 Å². The van der Waals surface area contributed by atoms with Crippen LogP contribution in [0.2, 0.25) is 0 Å². The van der Waals surface area contributed by atoms with Crippen LogP contribution in [0.4, 0.5) is 10.5 Å². The molecule has 0 spiro atoms. The van der Waals surface area contributed by atoms with Crippen molar-refractivity contribution < 1.29 is 9.59 Å². The van der Waals surface area contributed by atoms with Crippen LogP contribution in [0.3, 0.4) is 0 Å². The molecule has 0 aromatic carbocycles. The summed E-state index contributed by atoms with van der Waals surface area (Å²) in [6.45, 7) is 4.17. The van der Waals surface area contributed by atoms with Crippen molar-refractivity contribution in [2.45, 2.75) is 37.8 Å². The number of amides is 3. The van der Waals surface area contributed by atoms with Crippen molar-refractivity contribution in [3.63, 3.8) is 0 Å². The molecule has 0 radical (unpaired) electrons. The normalized spacial score (nSPS) is 31.5. The summed E-state index contributed by atoms with van der Waals surface area (Å²) in [4.78, 5) is 30.9. The first-order valence-electron chi connectivity index (χ1n) is 7.89. The number of urea groups is 1. The lowest BCUT2D eigenvalue weighted by Gasteiger charge is -2.23. The zero-order valence-electron chi connectivity index (χ0n) is 13.0. The molecule has 3 aliphatic heterocycles. The van der Waals surface area contributed by atoms with Crippen molar-refractivity contribution >= 4 is 17.6 Å². The lowest BCUT2D eigenvalue weighted by molar-refractivity contribution is -0.133. The zero-order chi connectivity index (χ0) is 15.5. The Bertz CT molecular complexity index is 642. The molecule has 0 N–H and O–H groups in total. The molecule has 1 aromatic heterocycles. The second-order valence-corrected chi connectivity index (χ2v) is 6.75. The first kappa shape index (κ1) is 13.6. The third kappa shape index (κ3) is 1.71. The molecule has 3 saturated heterocycles. The summed E-state index contributed by atoms with van der Waals surface area (Å²) in [7, 11) is 1.89. The number of fused-ring (bicyclic) bond motifs is 1. The van der Waals surface area contributed by atoms with Crippen LogP contribution in [-0.2, 0) is 11.8 Å². The van der Waals surface area contributed by atoms with E-state index in [0.29, 0.717) is 13.1 Å². The van der Waals surface area contributed by atoms with Gasteiger partial charge in [0.25, 0.3) is 5.91 Å². The Morgan fingerprint density at radius 3 is 2.82 bits per heavy atom. The van der Waals surface area contributed by atoms with E-state index >= 15 is 0 Å². The minimum atomic E-state index is -0.598. The van der Waals surface area contributed by atoms with Crippen molar-refractivity contribution in [3.8, 4) is 0 Å². The average Bonchev–Trinajstić information content (AvgIpc) is 3.20. The van der Waals surface area contributed by atoms with Gasteiger partial charge in [0, 0.05) is 32.9 Å². The highest BCUT2D eigenvalue weighted by Gasteiger charge is 2.58. The molecule has 7 nitrogen and oxygen atoms in total. The quantitative estimate of drug-likeness (QED) is 0.759. The van der Waals surface area contributed by atoms with Gasteiger partial charge in [0.2, 0.25) is 0 Å². The molecule has 0 bridgehead atoms. The predicted molar refractivity (Wildman–Crippen MR) is 80.4 cm³/mol. The number of carbonyl (C=O) groups is 2. The van der Waals surface area contributed by atoms with E-state index in [0.717, 1.165) is 31.5 Å². The Labute approximate surface area is 129 Å². The van der Waals surface area contributed by atoms with Gasteiger partial charge >= 0.3 is 6.03 Å². The molecule has 0 saturated carbocycles. The van der Waals surface area contributed by atoms with E-state index in [9.17, 15) is 9.59 Å². The Balaban J connectivity index is 1.54. The maximum atomic E-state index is 12.8. The first-order valence-corrected chi connectivity index (χ1v) is 7.89. The van der Waals surface area contributed by atoms with Gasteiger partial charge in [0.1, 0.15) is 5.54 Å². The summed E-state index contributed by atoms with van der Waals surface area (Å²) in [6, 6.07) is -0.120. The minimum absolute atomic E-state index is 0.00645. The molecule has 3 aliphatic rings. The number of nitrogens with zero attached hydrogens (tertiary/aromatic N) is 5. The van der Waals surface area contributed by atoms with Crippen LogP contribution >= 0.6 is 0 Å². The van der Waals surface area contributed by atoms with Crippen LogP contribution in [-0.4, -0.2) is 62.7 Å². The molecule has 2 unspecified atom stereocenters. The maximum Gasteiger partial charge on any atom is 0.327 e. The lowest BCUT2D eigenvalue weighted by Crippen LogP contribution is -2.45. The molecular formula is C15H21N5O2. The Morgan fingerprint density at radius 2 is 2.14 bits per heavy atom. The second kappa shape index (κ2) is 4.47. The van der Waals surface area contributed by atoms with Gasteiger partial charge in [-0.3, -0.25) is 14.4 Å². The van der Waals surface area contributed by atoms with Gasteiger partial charge in [0.15, 0.2) is 0 Å². The number of hydrogen-bond donors (Lipinski definition) is 0. The van der Waals surface area contributed by atoms with Gasteiger partial charge in [-0.15, -0.1) is 0 Å². The number of hydrogen-bond acceptors (Lipinski definition) is 4. The van der Waals surface area contributed by atoms with Crippen molar-refractivity contribution in [2.75, 3.05) is 24.5 Å². The first-order chi connectivity index (χ1) is 10.5. The van der Waals surface area contributed by atoms with Gasteiger partial charge in [0.05, 0.1) is 17.9 Å². The van der Waals surface area contributed by atoms with E-state index in [1.54, 1.807) is 9.58 Å². The molecule has 4 heterocycles. The third-order valence-corrected chi connectivity index (χ3v) is 5.34. The lowest BCUT2D eigenvalue weighted by atomic mass is 9.99. The fraction of sp³-hybridized carbons (Fsp3) is 0.667. The smallest absolute Gasteiger partial charge is 0.327 e. The monoisotopic (exact) mass is 303 g/mol. The second-order valence-electron chi connectivity index (χ2n) is 6.75. The van der Waals surface area contributed by atoms with Crippen LogP contribution < -0.4 is 4.90 Å². The van der Waals surface area contributed by atoms with Gasteiger partial charge in [-0.05, 0) is 26.2 Å². The molecule has 2 atom stereocenters. The minimum Gasteiger partial charge on any atom is -0.367 e. The number of anilines is 1. The highest BCUT2D eigenvalue weighted by molar-refractivity contribution is 6.07. The largest absolute Gasteiger partial charge is 0.367 e. The van der Waals surface area contributed by atoms with E-state index < -0.39 is 5.54 Å². The van der Waals surface area contributed by atoms with Gasteiger partial charge in [-0.25, -0.2) is 4.79 Å². The van der Waals surface area contributed by atoms with E-state index in [-0.39, 0.29) is 18.0 Å². The zero-order valence-corrected chi connectivity index (χ0v) is 13.0. The molecule has 1 aromatic rings. The Morgan fingerprint density at radius 1 is 1.32 bits per heavy atom. The van der Waals surface area contributed by atoms with Crippen LogP contribution in [0.5, 0.6) is 0 Å². The molecule has 3 fully saturated rings. The summed E-state index contributed by atoms with van der Waals surface area (Å²) >= 11 is 0. The average molecular weight is 303 g/mol. The molecule has 0 aliphatic carbocycles. The maximum absolute atomic E-state index is 12.8. The van der Waals surface area contributed by atoms with Crippen molar-refractivity contribution in [1.29, 1.82) is 0 Å². The van der Waals surface area contributed by atoms with Crippen molar-refractivity contribution in [1.82, 2.24) is 19.6 Å². The summed E-state index contributed by atoms with van der Waals surface area (Å²) in [5.41, 5.74) is 0.453. The molecule has 4 rings (SSSR count). The summed E-state index contributed by atoms with van der Waals surface area (Å²) in [6.07, 6.45) is 6.34. The van der Waals surface area contributed by atoms with Crippen LogP contribution in [0.15, 0.2) is 12.4 Å². The van der Waals surface area contributed by atoms with Gasteiger partial charge in [-0.1, -0.05) is 0 Å². The van der Waals surface area contributed by atoms with E-state index in [4.69, 9.17) is 0 Å². The Kier molecular flexibility index (Phi) is 2.76. The Hall–Kier alpha value is -2.05. The summed E-state index contributed by atoms with van der Waals surface area (Å²) in [5.74, 6) is -0.00645. The fourth-order valence-electron chi connectivity index (χ4n) is 4.05. The standard InChI is InChI=1S/C15H21N5O2/c1-15-5-3-6-19(15)14(22)20(13(15)21)11-4-7-18(10-11)12-8-16-17(2)9-12/h8-9,11H,3-7,10H2,1-2H3. The number of carbonyl (C=O) groups excluding carboxylic acids is 2. The predicted octanol–water partition coefficient (Wildman–Crippen LogP) is 0.816. The van der Waals surface area contributed by atoms with E-state index in [1.807, 2.05) is 26.4 Å². The number of imide groups is 1. The number of rotatable bonds is 2. The molecular weight excluding hydrogens is 282 g/mol. The molecule has 7 heteroatoms. The van der Waals surface area contributed by atoms with Gasteiger partial charge in [-0.2, -0.15) is 5.10 Å². The van der Waals surface area contributed by atoms with Crippen LogP contribution in [0.25, 0.3) is 0 Å². The topological polar surface area (TPSA) is 61.7 Å². The molecule has 22 heavy (non-hydrogen) atoms. The fourth-order valence-corrected chi connectivity index (χ4v) is 4.05. The number of aryl methyl sites for hydroxylation is 1. The molecule has 118 valence electrons. The molecule has 3 amide bonds. The highest BCUT2D eigenvalue weighted by atomic mass is 16.2. The van der Waals surface area contributed by atoms with Crippen molar-refractivity contribution in [3.05, 3.63) is 12.4 Å². The SMILES string of the molecule is Cn1cc(N2CCC(N3C(=O)N4CCCC4(C)C3=O)C2)cn1. The summed E-state index contributed by atoms with van der Waals surface area (Å²) < 4.78 is 1.77.